The fourth-order valence-corrected chi connectivity index (χ4v) is 1.70. The number of nitrogens with one attached hydrogen (secondary N) is 1. The largest absolute Gasteiger partial charge is 0.382 e. The van der Waals surface area contributed by atoms with Crippen LogP contribution in [-0.2, 0) is 0 Å². The SMILES string of the molecule is CC(C)Nc1ccc([N+](=O)[O-])cc1I. The molecule has 1 rings (SSSR count). The van der Waals surface area contributed by atoms with E-state index in [0.29, 0.717) is 6.04 Å². The zero-order chi connectivity index (χ0) is 10.7. The van der Waals surface area contributed by atoms with Crippen molar-refractivity contribution >= 4 is 34.0 Å². The van der Waals surface area contributed by atoms with Gasteiger partial charge in [-0.25, -0.2) is 0 Å². The van der Waals surface area contributed by atoms with Crippen LogP contribution in [0.25, 0.3) is 0 Å². The molecule has 1 aromatic carbocycles. The van der Waals surface area contributed by atoms with E-state index in [-0.39, 0.29) is 10.6 Å². The van der Waals surface area contributed by atoms with Gasteiger partial charge in [0.05, 0.1) is 4.92 Å². The van der Waals surface area contributed by atoms with Crippen LogP contribution in [0.3, 0.4) is 0 Å². The average molecular weight is 306 g/mol. The summed E-state index contributed by atoms with van der Waals surface area (Å²) in [5.41, 5.74) is 1.06. The molecule has 0 amide bonds. The summed E-state index contributed by atoms with van der Waals surface area (Å²) in [6, 6.07) is 5.13. The number of anilines is 1. The number of nitro benzene ring substituents is 1. The number of non-ortho nitro benzene ring substituents is 1. The van der Waals surface area contributed by atoms with Crippen molar-refractivity contribution in [3.05, 3.63) is 31.9 Å². The van der Waals surface area contributed by atoms with Crippen molar-refractivity contribution in [3.8, 4) is 0 Å². The molecule has 1 aromatic rings. The molecule has 1 N–H and O–H groups in total. The first-order chi connectivity index (χ1) is 6.50. The van der Waals surface area contributed by atoms with Gasteiger partial charge >= 0.3 is 0 Å². The van der Waals surface area contributed by atoms with Gasteiger partial charge in [0.1, 0.15) is 0 Å². The molecule has 0 aromatic heterocycles. The van der Waals surface area contributed by atoms with E-state index >= 15 is 0 Å². The molecule has 0 heterocycles. The lowest BCUT2D eigenvalue weighted by Gasteiger charge is -2.11. The summed E-state index contributed by atoms with van der Waals surface area (Å²) in [6.45, 7) is 4.05. The topological polar surface area (TPSA) is 55.2 Å². The van der Waals surface area contributed by atoms with E-state index in [4.69, 9.17) is 0 Å². The van der Waals surface area contributed by atoms with Gasteiger partial charge in [0.15, 0.2) is 0 Å². The van der Waals surface area contributed by atoms with Crippen LogP contribution in [-0.4, -0.2) is 11.0 Å². The smallest absolute Gasteiger partial charge is 0.270 e. The molecule has 0 saturated carbocycles. The summed E-state index contributed by atoms with van der Waals surface area (Å²) in [5.74, 6) is 0. The summed E-state index contributed by atoms with van der Waals surface area (Å²) in [6.07, 6.45) is 0. The molecular weight excluding hydrogens is 295 g/mol. The predicted molar refractivity (Wildman–Crippen MR) is 64.6 cm³/mol. The van der Waals surface area contributed by atoms with Crippen molar-refractivity contribution in [2.45, 2.75) is 19.9 Å². The number of hydrogen-bond donors (Lipinski definition) is 1. The molecule has 5 heteroatoms. The van der Waals surface area contributed by atoms with E-state index in [9.17, 15) is 10.1 Å². The van der Waals surface area contributed by atoms with Gasteiger partial charge in [-0.1, -0.05) is 0 Å². The first kappa shape index (κ1) is 11.2. The Morgan fingerprint density at radius 3 is 2.57 bits per heavy atom. The van der Waals surface area contributed by atoms with Crippen molar-refractivity contribution in [1.29, 1.82) is 0 Å². The molecule has 0 aliphatic rings. The highest BCUT2D eigenvalue weighted by molar-refractivity contribution is 14.1. The number of benzene rings is 1. The van der Waals surface area contributed by atoms with Crippen LogP contribution in [0.15, 0.2) is 18.2 Å². The van der Waals surface area contributed by atoms with Crippen molar-refractivity contribution in [2.24, 2.45) is 0 Å². The van der Waals surface area contributed by atoms with Crippen LogP contribution in [0, 0.1) is 13.7 Å². The maximum absolute atomic E-state index is 10.5. The monoisotopic (exact) mass is 306 g/mol. The predicted octanol–water partition coefficient (Wildman–Crippen LogP) is 3.02. The summed E-state index contributed by atoms with van der Waals surface area (Å²) >= 11 is 2.09. The van der Waals surface area contributed by atoms with Gasteiger partial charge in [-0.2, -0.15) is 0 Å². The Kier molecular flexibility index (Phi) is 3.68. The van der Waals surface area contributed by atoms with Crippen LogP contribution in [0.2, 0.25) is 0 Å². The van der Waals surface area contributed by atoms with E-state index in [1.54, 1.807) is 12.1 Å². The van der Waals surface area contributed by atoms with Gasteiger partial charge in [0.2, 0.25) is 0 Å². The van der Waals surface area contributed by atoms with Crippen molar-refractivity contribution < 1.29 is 4.92 Å². The first-order valence-electron chi connectivity index (χ1n) is 4.21. The van der Waals surface area contributed by atoms with Crippen molar-refractivity contribution in [1.82, 2.24) is 0 Å². The summed E-state index contributed by atoms with van der Waals surface area (Å²) in [4.78, 5) is 10.1. The molecule has 0 unspecified atom stereocenters. The van der Waals surface area contributed by atoms with Crippen LogP contribution >= 0.6 is 22.6 Å². The molecule has 0 aliphatic heterocycles. The van der Waals surface area contributed by atoms with Gasteiger partial charge in [-0.15, -0.1) is 0 Å². The maximum Gasteiger partial charge on any atom is 0.270 e. The standard InChI is InChI=1S/C9H11IN2O2/c1-6(2)11-9-4-3-7(12(13)14)5-8(9)10/h3-6,11H,1-2H3. The number of nitrogens with zero attached hydrogens (tertiary/aromatic N) is 1. The van der Waals surface area contributed by atoms with Gasteiger partial charge in [0.25, 0.3) is 5.69 Å². The molecule has 0 atom stereocenters. The van der Waals surface area contributed by atoms with Gasteiger partial charge in [-0.05, 0) is 42.5 Å². The van der Waals surface area contributed by atoms with Crippen LogP contribution in [0.5, 0.6) is 0 Å². The molecule has 0 radical (unpaired) electrons. The third-order valence-electron chi connectivity index (χ3n) is 1.61. The lowest BCUT2D eigenvalue weighted by Crippen LogP contribution is -2.10. The Hall–Kier alpha value is -0.850. The summed E-state index contributed by atoms with van der Waals surface area (Å²) < 4.78 is 0.866. The van der Waals surface area contributed by atoms with Gasteiger partial charge < -0.3 is 5.32 Å². The fraction of sp³-hybridized carbons (Fsp3) is 0.333. The zero-order valence-corrected chi connectivity index (χ0v) is 10.1. The highest BCUT2D eigenvalue weighted by Gasteiger charge is 2.08. The third kappa shape index (κ3) is 2.83. The van der Waals surface area contributed by atoms with Crippen LogP contribution in [0.4, 0.5) is 11.4 Å². The number of nitro groups is 1. The normalized spacial score (nSPS) is 10.3. The second-order valence-corrected chi connectivity index (χ2v) is 4.38. The van der Waals surface area contributed by atoms with E-state index in [1.807, 2.05) is 13.8 Å². The van der Waals surface area contributed by atoms with Gasteiger partial charge in [-0.3, -0.25) is 10.1 Å². The average Bonchev–Trinajstić information content (AvgIpc) is 2.07. The lowest BCUT2D eigenvalue weighted by molar-refractivity contribution is -0.384. The minimum atomic E-state index is -0.388. The number of halogens is 1. The van der Waals surface area contributed by atoms with Crippen LogP contribution in [0.1, 0.15) is 13.8 Å². The molecule has 0 aliphatic carbocycles. The zero-order valence-electron chi connectivity index (χ0n) is 7.95. The Morgan fingerprint density at radius 2 is 2.14 bits per heavy atom. The molecule has 0 fully saturated rings. The minimum absolute atomic E-state index is 0.128. The number of hydrogen-bond acceptors (Lipinski definition) is 3. The summed E-state index contributed by atoms with van der Waals surface area (Å²) in [7, 11) is 0. The van der Waals surface area contributed by atoms with E-state index in [0.717, 1.165) is 9.26 Å². The molecule has 14 heavy (non-hydrogen) atoms. The van der Waals surface area contributed by atoms with E-state index in [2.05, 4.69) is 27.9 Å². The Labute approximate surface area is 96.0 Å². The highest BCUT2D eigenvalue weighted by Crippen LogP contribution is 2.23. The van der Waals surface area contributed by atoms with Crippen molar-refractivity contribution in [3.63, 3.8) is 0 Å². The first-order valence-corrected chi connectivity index (χ1v) is 5.29. The summed E-state index contributed by atoms with van der Waals surface area (Å²) in [5, 5.41) is 13.7. The Balaban J connectivity index is 2.95. The van der Waals surface area contributed by atoms with Crippen LogP contribution < -0.4 is 5.32 Å². The lowest BCUT2D eigenvalue weighted by atomic mass is 10.2. The molecule has 0 spiro atoms. The Morgan fingerprint density at radius 1 is 1.50 bits per heavy atom. The maximum atomic E-state index is 10.5. The number of rotatable bonds is 3. The fourth-order valence-electron chi connectivity index (χ4n) is 1.05. The van der Waals surface area contributed by atoms with Gasteiger partial charge in [0, 0.05) is 27.4 Å². The van der Waals surface area contributed by atoms with E-state index < -0.39 is 0 Å². The third-order valence-corrected chi connectivity index (χ3v) is 2.50. The second kappa shape index (κ2) is 4.59. The molecular formula is C9H11IN2O2. The highest BCUT2D eigenvalue weighted by atomic mass is 127. The van der Waals surface area contributed by atoms with Crippen molar-refractivity contribution in [2.75, 3.05) is 5.32 Å². The molecule has 0 bridgehead atoms. The second-order valence-electron chi connectivity index (χ2n) is 3.22. The minimum Gasteiger partial charge on any atom is -0.382 e. The Bertz CT molecular complexity index is 353. The molecule has 0 saturated heterocycles. The molecule has 4 nitrogen and oxygen atoms in total. The van der Waals surface area contributed by atoms with E-state index in [1.165, 1.54) is 6.07 Å². The quantitative estimate of drug-likeness (QED) is 0.530. The molecule has 76 valence electrons.